The van der Waals surface area contributed by atoms with Crippen LogP contribution < -0.4 is 9.46 Å². The molecule has 0 unspecified atom stereocenters. The van der Waals surface area contributed by atoms with Gasteiger partial charge in [0.25, 0.3) is 0 Å². The predicted molar refractivity (Wildman–Crippen MR) is 63.0 cm³/mol. The van der Waals surface area contributed by atoms with Gasteiger partial charge in [-0.2, -0.15) is 0 Å². The van der Waals surface area contributed by atoms with E-state index in [1.54, 1.807) is 0 Å². The van der Waals surface area contributed by atoms with Crippen LogP contribution in [0.3, 0.4) is 0 Å². The largest absolute Gasteiger partial charge is 0.483 e. The van der Waals surface area contributed by atoms with Gasteiger partial charge in [-0.1, -0.05) is 0 Å². The minimum absolute atomic E-state index is 0.0304. The van der Waals surface area contributed by atoms with Crippen LogP contribution in [0.25, 0.3) is 0 Å². The van der Waals surface area contributed by atoms with Gasteiger partial charge in [0.05, 0.1) is 17.3 Å². The molecule has 18 heavy (non-hydrogen) atoms. The van der Waals surface area contributed by atoms with Crippen LogP contribution in [-0.4, -0.2) is 30.7 Å². The molecule has 0 bridgehead atoms. The second-order valence-corrected chi connectivity index (χ2v) is 5.70. The lowest BCUT2D eigenvalue weighted by molar-refractivity contribution is -0.385. The van der Waals surface area contributed by atoms with Crippen molar-refractivity contribution in [1.29, 1.82) is 0 Å². The molecule has 1 aliphatic rings. The van der Waals surface area contributed by atoms with Crippen LogP contribution >= 0.6 is 0 Å². The average Bonchev–Trinajstić information content (AvgIpc) is 2.98. The summed E-state index contributed by atoms with van der Waals surface area (Å²) >= 11 is 0. The summed E-state index contributed by atoms with van der Waals surface area (Å²) in [5, 5.41) is 11.0. The highest BCUT2D eigenvalue weighted by Gasteiger charge is 2.30. The van der Waals surface area contributed by atoms with Gasteiger partial charge in [0.2, 0.25) is 21.6 Å². The second kappa shape index (κ2) is 4.41. The van der Waals surface area contributed by atoms with Gasteiger partial charge in [-0.15, -0.1) is 0 Å². The number of ether oxygens (including phenoxy) is 1. The fraction of sp³-hybridized carbons (Fsp3) is 0.444. The number of hydrogen-bond acceptors (Lipinski definition) is 6. The number of aromatic nitrogens is 1. The maximum Gasteiger partial charge on any atom is 0.353 e. The van der Waals surface area contributed by atoms with E-state index in [0.717, 1.165) is 19.1 Å². The highest BCUT2D eigenvalue weighted by molar-refractivity contribution is 7.92. The highest BCUT2D eigenvalue weighted by Crippen LogP contribution is 2.37. The third-order valence-electron chi connectivity index (χ3n) is 2.17. The van der Waals surface area contributed by atoms with Gasteiger partial charge in [0.15, 0.2) is 0 Å². The molecule has 1 aromatic heterocycles. The Morgan fingerprint density at radius 3 is 2.72 bits per heavy atom. The molecule has 2 rings (SSSR count). The molecular weight excluding hydrogens is 262 g/mol. The Morgan fingerprint density at radius 2 is 2.22 bits per heavy atom. The standard InChI is InChI=1S/C9H11N3O5S/c1-18(15,16)11-9-8(12(13)14)7(4-5-10-9)17-6-2-3-6/h4-6H,2-3H2,1H3,(H,10,11). The molecule has 0 radical (unpaired) electrons. The van der Waals surface area contributed by atoms with E-state index in [4.69, 9.17) is 4.74 Å². The van der Waals surface area contributed by atoms with E-state index >= 15 is 0 Å². The Balaban J connectivity index is 2.41. The fourth-order valence-electron chi connectivity index (χ4n) is 1.32. The quantitative estimate of drug-likeness (QED) is 0.630. The van der Waals surface area contributed by atoms with Crippen molar-refractivity contribution in [2.24, 2.45) is 0 Å². The average molecular weight is 273 g/mol. The van der Waals surface area contributed by atoms with E-state index < -0.39 is 20.6 Å². The topological polar surface area (TPSA) is 111 Å². The molecule has 9 heteroatoms. The third kappa shape index (κ3) is 3.06. The van der Waals surface area contributed by atoms with Crippen molar-refractivity contribution in [1.82, 2.24) is 4.98 Å². The van der Waals surface area contributed by atoms with Gasteiger partial charge in [0.1, 0.15) is 0 Å². The van der Waals surface area contributed by atoms with E-state index in [-0.39, 0.29) is 17.7 Å². The molecule has 1 N–H and O–H groups in total. The van der Waals surface area contributed by atoms with Crippen LogP contribution in [0.5, 0.6) is 5.75 Å². The van der Waals surface area contributed by atoms with Crippen molar-refractivity contribution in [3.05, 3.63) is 22.4 Å². The number of nitrogens with one attached hydrogen (secondary N) is 1. The lowest BCUT2D eigenvalue weighted by Crippen LogP contribution is -2.13. The van der Waals surface area contributed by atoms with E-state index in [0.29, 0.717) is 0 Å². The van der Waals surface area contributed by atoms with Crippen LogP contribution in [0.4, 0.5) is 11.5 Å². The van der Waals surface area contributed by atoms with E-state index in [2.05, 4.69) is 4.98 Å². The van der Waals surface area contributed by atoms with Crippen LogP contribution in [0.1, 0.15) is 12.8 Å². The summed E-state index contributed by atoms with van der Waals surface area (Å²) in [6.45, 7) is 0. The molecule has 1 saturated carbocycles. The van der Waals surface area contributed by atoms with Crippen LogP contribution in [0, 0.1) is 10.1 Å². The zero-order valence-corrected chi connectivity index (χ0v) is 10.3. The Bertz CT molecular complexity index is 582. The number of sulfonamides is 1. The first kappa shape index (κ1) is 12.6. The summed E-state index contributed by atoms with van der Waals surface area (Å²) in [6.07, 6.45) is 3.81. The third-order valence-corrected chi connectivity index (χ3v) is 2.73. The van der Waals surface area contributed by atoms with Gasteiger partial charge in [0, 0.05) is 12.3 Å². The summed E-state index contributed by atoms with van der Waals surface area (Å²) in [7, 11) is -3.64. The molecule has 0 aliphatic heterocycles. The number of rotatable bonds is 5. The minimum Gasteiger partial charge on any atom is -0.483 e. The Morgan fingerprint density at radius 1 is 1.56 bits per heavy atom. The molecule has 0 spiro atoms. The van der Waals surface area contributed by atoms with E-state index in [9.17, 15) is 18.5 Å². The first-order valence-corrected chi connectivity index (χ1v) is 7.04. The van der Waals surface area contributed by atoms with Gasteiger partial charge in [-0.3, -0.25) is 14.8 Å². The molecule has 1 fully saturated rings. The minimum atomic E-state index is -3.64. The summed E-state index contributed by atoms with van der Waals surface area (Å²) < 4.78 is 29.6. The maximum absolute atomic E-state index is 11.1. The first-order valence-electron chi connectivity index (χ1n) is 5.14. The molecule has 98 valence electrons. The van der Waals surface area contributed by atoms with Crippen LogP contribution in [0.15, 0.2) is 12.3 Å². The lowest BCUT2D eigenvalue weighted by Gasteiger charge is -2.08. The Kier molecular flexibility index (Phi) is 3.07. The molecule has 1 aliphatic carbocycles. The van der Waals surface area contributed by atoms with Crippen molar-refractivity contribution < 1.29 is 18.1 Å². The SMILES string of the molecule is CS(=O)(=O)Nc1nccc(OC2CC2)c1[N+](=O)[O-]. The maximum atomic E-state index is 11.1. The first-order chi connectivity index (χ1) is 8.37. The molecule has 0 atom stereocenters. The lowest BCUT2D eigenvalue weighted by atomic mass is 10.3. The summed E-state index contributed by atoms with van der Waals surface area (Å²) in [5.41, 5.74) is -0.463. The van der Waals surface area contributed by atoms with Crippen LogP contribution in [0.2, 0.25) is 0 Å². The predicted octanol–water partition coefficient (Wildman–Crippen LogP) is 0.902. The van der Waals surface area contributed by atoms with Crippen molar-refractivity contribution in [2.75, 3.05) is 11.0 Å². The van der Waals surface area contributed by atoms with E-state index in [1.807, 2.05) is 4.72 Å². The number of nitro groups is 1. The molecule has 8 nitrogen and oxygen atoms in total. The highest BCUT2D eigenvalue weighted by atomic mass is 32.2. The molecular formula is C9H11N3O5S. The second-order valence-electron chi connectivity index (χ2n) is 3.95. The summed E-state index contributed by atoms with van der Waals surface area (Å²) in [4.78, 5) is 13.9. The van der Waals surface area contributed by atoms with Crippen molar-refractivity contribution in [2.45, 2.75) is 18.9 Å². The van der Waals surface area contributed by atoms with Gasteiger partial charge in [-0.05, 0) is 12.8 Å². The Labute approximate surface area is 103 Å². The van der Waals surface area contributed by atoms with E-state index in [1.165, 1.54) is 12.3 Å². The van der Waals surface area contributed by atoms with Crippen molar-refractivity contribution >= 4 is 21.5 Å². The monoisotopic (exact) mass is 273 g/mol. The number of hydrogen-bond donors (Lipinski definition) is 1. The fourth-order valence-corrected chi connectivity index (χ4v) is 1.82. The normalized spacial score (nSPS) is 15.2. The van der Waals surface area contributed by atoms with Gasteiger partial charge in [-0.25, -0.2) is 13.4 Å². The molecule has 1 aromatic rings. The van der Waals surface area contributed by atoms with Crippen molar-refractivity contribution in [3.63, 3.8) is 0 Å². The van der Waals surface area contributed by atoms with Crippen LogP contribution in [-0.2, 0) is 10.0 Å². The number of pyridine rings is 1. The van der Waals surface area contributed by atoms with Crippen molar-refractivity contribution in [3.8, 4) is 5.75 Å². The molecule has 1 heterocycles. The molecule has 0 saturated heterocycles. The zero-order chi connectivity index (χ0) is 13.3. The summed E-state index contributed by atoms with van der Waals surface area (Å²) in [5.74, 6) is -0.302. The molecule has 0 amide bonds. The zero-order valence-electron chi connectivity index (χ0n) is 9.49. The Hall–Kier alpha value is -1.90. The molecule has 0 aromatic carbocycles. The number of nitrogens with zero attached hydrogens (tertiary/aromatic N) is 2. The van der Waals surface area contributed by atoms with Gasteiger partial charge < -0.3 is 4.74 Å². The smallest absolute Gasteiger partial charge is 0.353 e. The number of anilines is 1. The summed E-state index contributed by atoms with van der Waals surface area (Å²) in [6, 6.07) is 1.35. The van der Waals surface area contributed by atoms with Gasteiger partial charge >= 0.3 is 5.69 Å².